The lowest BCUT2D eigenvalue weighted by Gasteiger charge is -2.67. The van der Waals surface area contributed by atoms with E-state index in [2.05, 4.69) is 46.4 Å². The summed E-state index contributed by atoms with van der Waals surface area (Å²) >= 11 is 0. The Hall–Kier alpha value is -0.0400. The molecule has 3 aliphatic heterocycles. The van der Waals surface area contributed by atoms with E-state index in [1.165, 1.54) is 26.1 Å². The molecule has 0 aliphatic carbocycles. The molecule has 0 aromatic rings. The standard InChI is InChI=1S/C14H27N/c1-12(2,3)14(13(4,5)6)7-8-15-9-11(14)10-15/h11H,7-10H2,1-6H3. The van der Waals surface area contributed by atoms with Crippen molar-refractivity contribution in [1.29, 1.82) is 0 Å². The summed E-state index contributed by atoms with van der Waals surface area (Å²) in [6.07, 6.45) is 1.39. The van der Waals surface area contributed by atoms with Crippen molar-refractivity contribution in [3.8, 4) is 0 Å². The minimum atomic E-state index is 0.433. The van der Waals surface area contributed by atoms with Crippen molar-refractivity contribution in [3.63, 3.8) is 0 Å². The molecule has 0 aromatic heterocycles. The Balaban J connectivity index is 2.39. The van der Waals surface area contributed by atoms with Gasteiger partial charge < -0.3 is 4.90 Å². The van der Waals surface area contributed by atoms with Crippen LogP contribution in [0.2, 0.25) is 0 Å². The molecule has 0 N–H and O–H groups in total. The minimum absolute atomic E-state index is 0.433. The van der Waals surface area contributed by atoms with Crippen LogP contribution in [0.5, 0.6) is 0 Å². The molecule has 2 bridgehead atoms. The molecular weight excluding hydrogens is 182 g/mol. The number of hydrogen-bond donors (Lipinski definition) is 0. The first-order chi connectivity index (χ1) is 6.68. The van der Waals surface area contributed by atoms with E-state index in [9.17, 15) is 0 Å². The molecule has 3 fully saturated rings. The van der Waals surface area contributed by atoms with Gasteiger partial charge in [-0.05, 0) is 35.1 Å². The second-order valence-corrected chi connectivity index (χ2v) is 7.68. The highest BCUT2D eigenvalue weighted by Crippen LogP contribution is 2.62. The van der Waals surface area contributed by atoms with Gasteiger partial charge in [0.05, 0.1) is 0 Å². The fourth-order valence-corrected chi connectivity index (χ4v) is 4.70. The summed E-state index contributed by atoms with van der Waals surface area (Å²) in [5.74, 6) is 0.936. The van der Waals surface area contributed by atoms with Crippen LogP contribution in [-0.4, -0.2) is 24.5 Å². The maximum absolute atomic E-state index is 2.61. The fraction of sp³-hybridized carbons (Fsp3) is 1.00. The molecule has 0 spiro atoms. The quantitative estimate of drug-likeness (QED) is 0.591. The van der Waals surface area contributed by atoms with Gasteiger partial charge in [-0.25, -0.2) is 0 Å². The van der Waals surface area contributed by atoms with Crippen LogP contribution < -0.4 is 0 Å². The summed E-state index contributed by atoms with van der Waals surface area (Å²) in [5, 5.41) is 0. The summed E-state index contributed by atoms with van der Waals surface area (Å²) in [5.41, 5.74) is 1.40. The number of fused-ring (bicyclic) bond motifs is 2. The number of hydrogen-bond acceptors (Lipinski definition) is 1. The monoisotopic (exact) mass is 209 g/mol. The summed E-state index contributed by atoms with van der Waals surface area (Å²) in [6.45, 7) is 18.7. The lowest BCUT2D eigenvalue weighted by atomic mass is 9.44. The zero-order valence-electron chi connectivity index (χ0n) is 11.4. The Kier molecular flexibility index (Phi) is 2.29. The predicted molar refractivity (Wildman–Crippen MR) is 65.9 cm³/mol. The lowest BCUT2D eigenvalue weighted by molar-refractivity contribution is -0.183. The smallest absolute Gasteiger partial charge is 0.00278 e. The summed E-state index contributed by atoms with van der Waals surface area (Å²) in [6, 6.07) is 0. The van der Waals surface area contributed by atoms with Gasteiger partial charge in [-0.15, -0.1) is 0 Å². The Morgan fingerprint density at radius 1 is 0.933 bits per heavy atom. The van der Waals surface area contributed by atoms with Crippen molar-refractivity contribution in [3.05, 3.63) is 0 Å². The molecule has 1 heteroatoms. The highest BCUT2D eigenvalue weighted by Gasteiger charge is 2.60. The third kappa shape index (κ3) is 1.39. The molecule has 3 saturated heterocycles. The molecule has 0 unspecified atom stereocenters. The van der Waals surface area contributed by atoms with E-state index in [0.29, 0.717) is 16.2 Å². The summed E-state index contributed by atoms with van der Waals surface area (Å²) < 4.78 is 0. The first kappa shape index (κ1) is 11.4. The minimum Gasteiger partial charge on any atom is -0.303 e. The van der Waals surface area contributed by atoms with E-state index in [0.717, 1.165) is 5.92 Å². The molecule has 0 aromatic carbocycles. The van der Waals surface area contributed by atoms with E-state index >= 15 is 0 Å². The third-order valence-electron chi connectivity index (χ3n) is 5.15. The first-order valence-electron chi connectivity index (χ1n) is 6.41. The topological polar surface area (TPSA) is 3.24 Å². The van der Waals surface area contributed by atoms with Crippen LogP contribution in [0.1, 0.15) is 48.0 Å². The molecule has 0 saturated carbocycles. The summed E-state index contributed by atoms with van der Waals surface area (Å²) in [4.78, 5) is 2.61. The zero-order valence-corrected chi connectivity index (χ0v) is 11.4. The van der Waals surface area contributed by atoms with Gasteiger partial charge >= 0.3 is 0 Å². The van der Waals surface area contributed by atoms with Crippen molar-refractivity contribution in [2.75, 3.05) is 19.6 Å². The van der Waals surface area contributed by atoms with Gasteiger partial charge in [-0.2, -0.15) is 0 Å². The first-order valence-corrected chi connectivity index (χ1v) is 6.41. The molecule has 15 heavy (non-hydrogen) atoms. The van der Waals surface area contributed by atoms with Crippen molar-refractivity contribution in [1.82, 2.24) is 4.90 Å². The number of nitrogens with zero attached hydrogens (tertiary/aromatic N) is 1. The molecular formula is C14H27N. The van der Waals surface area contributed by atoms with Crippen molar-refractivity contribution < 1.29 is 0 Å². The zero-order chi connectivity index (χ0) is 11.5. The van der Waals surface area contributed by atoms with Gasteiger partial charge in [0.1, 0.15) is 0 Å². The second kappa shape index (κ2) is 3.00. The lowest BCUT2D eigenvalue weighted by Crippen LogP contribution is -2.68. The van der Waals surface area contributed by atoms with Crippen LogP contribution in [0.25, 0.3) is 0 Å². The maximum Gasteiger partial charge on any atom is 0.00278 e. The predicted octanol–water partition coefficient (Wildman–Crippen LogP) is 3.40. The van der Waals surface area contributed by atoms with E-state index in [4.69, 9.17) is 0 Å². The maximum atomic E-state index is 2.61. The molecule has 3 heterocycles. The van der Waals surface area contributed by atoms with E-state index in [1.54, 1.807) is 0 Å². The van der Waals surface area contributed by atoms with Crippen molar-refractivity contribution >= 4 is 0 Å². The van der Waals surface area contributed by atoms with Crippen LogP contribution in [0.15, 0.2) is 0 Å². The number of piperidine rings is 2. The van der Waals surface area contributed by atoms with Crippen molar-refractivity contribution in [2.45, 2.75) is 48.0 Å². The summed E-state index contributed by atoms with van der Waals surface area (Å²) in [7, 11) is 0. The van der Waals surface area contributed by atoms with Crippen LogP contribution >= 0.6 is 0 Å². The van der Waals surface area contributed by atoms with Gasteiger partial charge in [0.25, 0.3) is 0 Å². The van der Waals surface area contributed by atoms with Crippen molar-refractivity contribution in [2.24, 2.45) is 22.2 Å². The third-order valence-corrected chi connectivity index (χ3v) is 5.15. The normalized spacial score (nSPS) is 34.8. The largest absolute Gasteiger partial charge is 0.303 e. The second-order valence-electron chi connectivity index (χ2n) is 7.68. The average Bonchev–Trinajstić information content (AvgIpc) is 1.98. The Morgan fingerprint density at radius 2 is 1.40 bits per heavy atom. The SMILES string of the molecule is CC(C)(C)C1(C(C)(C)C)CCN2CC1C2. The van der Waals surface area contributed by atoms with E-state index in [1.807, 2.05) is 0 Å². The van der Waals surface area contributed by atoms with Crippen LogP contribution in [0.3, 0.4) is 0 Å². The molecule has 0 atom stereocenters. The number of rotatable bonds is 0. The molecule has 0 radical (unpaired) electrons. The van der Waals surface area contributed by atoms with E-state index < -0.39 is 0 Å². The average molecular weight is 209 g/mol. The highest BCUT2D eigenvalue weighted by molar-refractivity contribution is 5.10. The highest BCUT2D eigenvalue weighted by atomic mass is 15.2. The van der Waals surface area contributed by atoms with Crippen LogP contribution in [0, 0.1) is 22.2 Å². The van der Waals surface area contributed by atoms with Crippen LogP contribution in [-0.2, 0) is 0 Å². The van der Waals surface area contributed by atoms with E-state index in [-0.39, 0.29) is 0 Å². The Labute approximate surface area is 95.2 Å². The molecule has 3 rings (SSSR count). The Morgan fingerprint density at radius 3 is 1.60 bits per heavy atom. The van der Waals surface area contributed by atoms with Gasteiger partial charge in [-0.1, -0.05) is 41.5 Å². The van der Waals surface area contributed by atoms with Gasteiger partial charge in [0.15, 0.2) is 0 Å². The van der Waals surface area contributed by atoms with Gasteiger partial charge in [-0.3, -0.25) is 0 Å². The molecule has 0 amide bonds. The Bertz CT molecular complexity index is 231. The van der Waals surface area contributed by atoms with Gasteiger partial charge in [0.2, 0.25) is 0 Å². The van der Waals surface area contributed by atoms with Gasteiger partial charge in [0, 0.05) is 13.1 Å². The fourth-order valence-electron chi connectivity index (χ4n) is 4.70. The van der Waals surface area contributed by atoms with Crippen LogP contribution in [0.4, 0.5) is 0 Å². The molecule has 1 nitrogen and oxygen atoms in total. The molecule has 3 aliphatic rings. The molecule has 88 valence electrons.